The van der Waals surface area contributed by atoms with Gasteiger partial charge in [0, 0.05) is 25.9 Å². The number of aromatic amines is 1. The fourth-order valence-corrected chi connectivity index (χ4v) is 3.17. The Morgan fingerprint density at radius 1 is 1.41 bits per heavy atom. The van der Waals surface area contributed by atoms with E-state index in [0.717, 1.165) is 43.9 Å². The highest BCUT2D eigenvalue weighted by Crippen LogP contribution is 2.30. The third-order valence-electron chi connectivity index (χ3n) is 4.14. The van der Waals surface area contributed by atoms with Gasteiger partial charge in [-0.25, -0.2) is 0 Å². The molecule has 3 rings (SSSR count). The van der Waals surface area contributed by atoms with Gasteiger partial charge in [-0.1, -0.05) is 30.3 Å². The van der Waals surface area contributed by atoms with E-state index < -0.39 is 0 Å². The van der Waals surface area contributed by atoms with Crippen molar-refractivity contribution in [2.24, 2.45) is 0 Å². The molecule has 2 N–H and O–H groups in total. The number of nitrogens with zero attached hydrogens (tertiary/aromatic N) is 2. The molecule has 0 saturated carbocycles. The molecule has 1 saturated heterocycles. The third kappa shape index (κ3) is 3.54. The fraction of sp³-hybridized carbons (Fsp3) is 0.412. The molecule has 0 spiro atoms. The molecular weight excluding hydrogens is 276 g/mol. The molecule has 22 heavy (non-hydrogen) atoms. The van der Waals surface area contributed by atoms with Gasteiger partial charge < -0.3 is 5.32 Å². The van der Waals surface area contributed by atoms with E-state index in [0.29, 0.717) is 5.92 Å². The molecule has 1 atom stereocenters. The molecule has 1 aliphatic heterocycles. The summed E-state index contributed by atoms with van der Waals surface area (Å²) in [4.78, 5) is 13.8. The lowest BCUT2D eigenvalue weighted by Crippen LogP contribution is -2.34. The van der Waals surface area contributed by atoms with Gasteiger partial charge in [0.1, 0.15) is 0 Å². The van der Waals surface area contributed by atoms with Crippen molar-refractivity contribution in [1.29, 1.82) is 0 Å². The van der Waals surface area contributed by atoms with Crippen LogP contribution in [0.1, 0.15) is 36.9 Å². The Bertz CT molecular complexity index is 623. The van der Waals surface area contributed by atoms with Crippen molar-refractivity contribution in [3.8, 4) is 0 Å². The normalized spacial score (nSPS) is 19.0. The van der Waals surface area contributed by atoms with Gasteiger partial charge >= 0.3 is 0 Å². The lowest BCUT2D eigenvalue weighted by Gasteiger charge is -2.32. The zero-order valence-corrected chi connectivity index (χ0v) is 12.9. The number of nitrogens with one attached hydrogen (secondary N) is 2. The molecule has 5 heteroatoms. The van der Waals surface area contributed by atoms with Gasteiger partial charge in [-0.05, 0) is 24.9 Å². The SMILES string of the molecule is CC(=O)Nc1cn[nH]c1C1CCCN(Cc2ccccc2)C1. The topological polar surface area (TPSA) is 61.0 Å². The fourth-order valence-electron chi connectivity index (χ4n) is 3.17. The van der Waals surface area contributed by atoms with E-state index in [4.69, 9.17) is 0 Å². The minimum Gasteiger partial charge on any atom is -0.323 e. The molecule has 0 bridgehead atoms. The van der Waals surface area contributed by atoms with Gasteiger partial charge in [0.2, 0.25) is 5.91 Å². The number of hydrogen-bond donors (Lipinski definition) is 2. The van der Waals surface area contributed by atoms with Crippen molar-refractivity contribution in [3.05, 3.63) is 47.8 Å². The number of benzene rings is 1. The highest BCUT2D eigenvalue weighted by atomic mass is 16.1. The van der Waals surface area contributed by atoms with E-state index in [1.54, 1.807) is 6.20 Å². The first-order valence-corrected chi connectivity index (χ1v) is 7.79. The van der Waals surface area contributed by atoms with Crippen LogP contribution in [0.3, 0.4) is 0 Å². The highest BCUT2D eigenvalue weighted by molar-refractivity contribution is 5.89. The van der Waals surface area contributed by atoms with Crippen LogP contribution < -0.4 is 5.32 Å². The van der Waals surface area contributed by atoms with Crippen LogP contribution in [0.4, 0.5) is 5.69 Å². The molecule has 1 fully saturated rings. The zero-order chi connectivity index (χ0) is 15.4. The van der Waals surface area contributed by atoms with Crippen LogP contribution in [0.15, 0.2) is 36.5 Å². The molecule has 1 aromatic heterocycles. The van der Waals surface area contributed by atoms with Crippen LogP contribution in [0, 0.1) is 0 Å². The first-order chi connectivity index (χ1) is 10.7. The van der Waals surface area contributed by atoms with Gasteiger partial charge in [0.25, 0.3) is 0 Å². The highest BCUT2D eigenvalue weighted by Gasteiger charge is 2.25. The van der Waals surface area contributed by atoms with Crippen LogP contribution in [0.25, 0.3) is 0 Å². The van der Waals surface area contributed by atoms with Gasteiger partial charge in [-0.15, -0.1) is 0 Å². The quantitative estimate of drug-likeness (QED) is 0.912. The number of hydrogen-bond acceptors (Lipinski definition) is 3. The number of aromatic nitrogens is 2. The Balaban J connectivity index is 1.68. The number of amides is 1. The molecule has 1 amide bonds. The predicted octanol–water partition coefficient (Wildman–Crippen LogP) is 2.75. The van der Waals surface area contributed by atoms with Crippen molar-refractivity contribution in [3.63, 3.8) is 0 Å². The average Bonchev–Trinajstić information content (AvgIpc) is 2.96. The summed E-state index contributed by atoms with van der Waals surface area (Å²) in [6.45, 7) is 4.61. The Kier molecular flexibility index (Phi) is 4.53. The molecule has 2 heterocycles. The Hall–Kier alpha value is -2.14. The van der Waals surface area contributed by atoms with E-state index in [1.807, 2.05) is 6.07 Å². The molecular formula is C17H22N4O. The Morgan fingerprint density at radius 3 is 3.00 bits per heavy atom. The smallest absolute Gasteiger partial charge is 0.221 e. The summed E-state index contributed by atoms with van der Waals surface area (Å²) < 4.78 is 0. The van der Waals surface area contributed by atoms with E-state index in [-0.39, 0.29) is 5.91 Å². The van der Waals surface area contributed by atoms with Crippen LogP contribution >= 0.6 is 0 Å². The minimum absolute atomic E-state index is 0.0559. The average molecular weight is 298 g/mol. The summed E-state index contributed by atoms with van der Waals surface area (Å²) in [5.41, 5.74) is 3.21. The maximum atomic E-state index is 11.3. The Morgan fingerprint density at radius 2 is 2.23 bits per heavy atom. The lowest BCUT2D eigenvalue weighted by atomic mass is 9.93. The second kappa shape index (κ2) is 6.75. The van der Waals surface area contributed by atoms with E-state index in [9.17, 15) is 4.79 Å². The van der Waals surface area contributed by atoms with Crippen molar-refractivity contribution in [2.45, 2.75) is 32.2 Å². The second-order valence-electron chi connectivity index (χ2n) is 5.94. The lowest BCUT2D eigenvalue weighted by molar-refractivity contribution is -0.114. The number of carbonyl (C=O) groups excluding carboxylic acids is 1. The summed E-state index contributed by atoms with van der Waals surface area (Å²) in [6, 6.07) is 10.6. The van der Waals surface area contributed by atoms with E-state index in [2.05, 4.69) is 44.7 Å². The van der Waals surface area contributed by atoms with Crippen molar-refractivity contribution in [2.75, 3.05) is 18.4 Å². The van der Waals surface area contributed by atoms with Crippen LogP contribution in [-0.2, 0) is 11.3 Å². The number of piperidine rings is 1. The number of rotatable bonds is 4. The summed E-state index contributed by atoms with van der Waals surface area (Å²) in [5.74, 6) is 0.335. The number of H-pyrrole nitrogens is 1. The molecule has 1 aromatic carbocycles. The molecule has 0 radical (unpaired) electrons. The summed E-state index contributed by atoms with van der Waals surface area (Å²) >= 11 is 0. The third-order valence-corrected chi connectivity index (χ3v) is 4.14. The maximum absolute atomic E-state index is 11.3. The van der Waals surface area contributed by atoms with Gasteiger partial charge in [-0.3, -0.25) is 14.8 Å². The molecule has 1 aliphatic rings. The summed E-state index contributed by atoms with van der Waals surface area (Å²) in [5, 5.41) is 10.0. The first kappa shape index (κ1) is 14.8. The summed E-state index contributed by atoms with van der Waals surface area (Å²) in [7, 11) is 0. The number of anilines is 1. The Labute approximate surface area is 130 Å². The van der Waals surface area contributed by atoms with Crippen LogP contribution in [0.2, 0.25) is 0 Å². The maximum Gasteiger partial charge on any atom is 0.221 e. The first-order valence-electron chi connectivity index (χ1n) is 7.79. The predicted molar refractivity (Wildman–Crippen MR) is 86.6 cm³/mol. The largest absolute Gasteiger partial charge is 0.323 e. The molecule has 116 valence electrons. The van der Waals surface area contributed by atoms with Crippen molar-refractivity contribution < 1.29 is 4.79 Å². The summed E-state index contributed by atoms with van der Waals surface area (Å²) in [6.07, 6.45) is 3.99. The van der Waals surface area contributed by atoms with Gasteiger partial charge in [0.05, 0.1) is 17.6 Å². The molecule has 0 aliphatic carbocycles. The second-order valence-corrected chi connectivity index (χ2v) is 5.94. The molecule has 2 aromatic rings. The minimum atomic E-state index is -0.0559. The van der Waals surface area contributed by atoms with Gasteiger partial charge in [0.15, 0.2) is 0 Å². The van der Waals surface area contributed by atoms with E-state index >= 15 is 0 Å². The van der Waals surface area contributed by atoms with Crippen LogP contribution in [0.5, 0.6) is 0 Å². The number of likely N-dealkylation sites (tertiary alicyclic amines) is 1. The zero-order valence-electron chi connectivity index (χ0n) is 12.9. The van der Waals surface area contributed by atoms with Gasteiger partial charge in [-0.2, -0.15) is 5.10 Å². The van der Waals surface area contributed by atoms with Crippen molar-refractivity contribution in [1.82, 2.24) is 15.1 Å². The number of carbonyl (C=O) groups is 1. The molecule has 5 nitrogen and oxygen atoms in total. The molecule has 1 unspecified atom stereocenters. The standard InChI is InChI=1S/C17H22N4O/c1-13(22)19-16-10-18-20-17(16)15-8-5-9-21(12-15)11-14-6-3-2-4-7-14/h2-4,6-7,10,15H,5,8-9,11-12H2,1H3,(H,18,20)(H,19,22). The monoisotopic (exact) mass is 298 g/mol. The van der Waals surface area contributed by atoms with E-state index in [1.165, 1.54) is 12.5 Å². The van der Waals surface area contributed by atoms with Crippen molar-refractivity contribution >= 4 is 11.6 Å². The van der Waals surface area contributed by atoms with Crippen LogP contribution in [-0.4, -0.2) is 34.1 Å².